The van der Waals surface area contributed by atoms with Gasteiger partial charge in [0.05, 0.1) is 5.25 Å². The predicted octanol–water partition coefficient (Wildman–Crippen LogP) is 3.00. The molecule has 0 aromatic rings. The summed E-state index contributed by atoms with van der Waals surface area (Å²) in [5, 5.41) is 3.47. The number of nitrogens with one attached hydrogen (secondary N) is 1. The molecule has 19 heavy (non-hydrogen) atoms. The van der Waals surface area contributed by atoms with Gasteiger partial charge in [-0.25, -0.2) is 8.42 Å². The van der Waals surface area contributed by atoms with Crippen molar-refractivity contribution in [2.24, 2.45) is 11.3 Å². The van der Waals surface area contributed by atoms with Crippen molar-refractivity contribution in [1.29, 1.82) is 0 Å². The van der Waals surface area contributed by atoms with Crippen LogP contribution < -0.4 is 5.32 Å². The van der Waals surface area contributed by atoms with Gasteiger partial charge in [0.25, 0.3) is 0 Å². The fraction of sp³-hybridized carbons (Fsp3) is 1.00. The maximum atomic E-state index is 11.8. The van der Waals surface area contributed by atoms with Gasteiger partial charge in [0.1, 0.15) is 9.84 Å². The second-order valence-electron chi connectivity index (χ2n) is 7.31. The van der Waals surface area contributed by atoms with E-state index in [9.17, 15) is 8.42 Å². The summed E-state index contributed by atoms with van der Waals surface area (Å²) in [5.74, 6) is 0.507. The van der Waals surface area contributed by atoms with E-state index in [1.807, 2.05) is 0 Å². The topological polar surface area (TPSA) is 46.2 Å². The first-order valence-corrected chi connectivity index (χ1v) is 9.51. The van der Waals surface area contributed by atoms with Gasteiger partial charge in [0.2, 0.25) is 0 Å². The number of hydrogen-bond donors (Lipinski definition) is 1. The van der Waals surface area contributed by atoms with Crippen LogP contribution in [-0.2, 0) is 9.84 Å². The largest absolute Gasteiger partial charge is 0.314 e. The van der Waals surface area contributed by atoms with Crippen molar-refractivity contribution in [2.75, 3.05) is 12.8 Å². The summed E-state index contributed by atoms with van der Waals surface area (Å²) in [6, 6.07) is 0.453. The SMILES string of the molecule is CCNC(CC(C)(C)C)C1CCCC(S(C)(=O)=O)C1. The van der Waals surface area contributed by atoms with E-state index in [0.717, 1.165) is 32.2 Å². The van der Waals surface area contributed by atoms with Crippen LogP contribution in [0.4, 0.5) is 0 Å². The van der Waals surface area contributed by atoms with Gasteiger partial charge in [0, 0.05) is 12.3 Å². The van der Waals surface area contributed by atoms with E-state index in [1.165, 1.54) is 12.7 Å². The Labute approximate surface area is 119 Å². The van der Waals surface area contributed by atoms with E-state index < -0.39 is 9.84 Å². The Hall–Kier alpha value is -0.0900. The van der Waals surface area contributed by atoms with Gasteiger partial charge >= 0.3 is 0 Å². The highest BCUT2D eigenvalue weighted by molar-refractivity contribution is 7.91. The highest BCUT2D eigenvalue weighted by Gasteiger charge is 2.34. The molecule has 0 spiro atoms. The van der Waals surface area contributed by atoms with E-state index in [1.54, 1.807) is 0 Å². The van der Waals surface area contributed by atoms with Crippen molar-refractivity contribution in [3.8, 4) is 0 Å². The van der Waals surface area contributed by atoms with Gasteiger partial charge in [-0.1, -0.05) is 34.1 Å². The van der Waals surface area contributed by atoms with Crippen LogP contribution in [0.15, 0.2) is 0 Å². The van der Waals surface area contributed by atoms with Gasteiger partial charge in [-0.3, -0.25) is 0 Å². The molecule has 3 atom stereocenters. The molecule has 0 radical (unpaired) electrons. The Morgan fingerprint density at radius 2 is 1.89 bits per heavy atom. The highest BCUT2D eigenvalue weighted by atomic mass is 32.2. The molecular weight excluding hydrogens is 258 g/mol. The Balaban J connectivity index is 2.73. The lowest BCUT2D eigenvalue weighted by molar-refractivity contribution is 0.209. The van der Waals surface area contributed by atoms with Crippen LogP contribution >= 0.6 is 0 Å². The van der Waals surface area contributed by atoms with Crippen LogP contribution in [0.3, 0.4) is 0 Å². The third kappa shape index (κ3) is 5.82. The van der Waals surface area contributed by atoms with E-state index in [-0.39, 0.29) is 10.7 Å². The molecule has 0 amide bonds. The van der Waals surface area contributed by atoms with Crippen LogP contribution in [0, 0.1) is 11.3 Å². The van der Waals surface area contributed by atoms with Crippen LogP contribution in [0.1, 0.15) is 59.8 Å². The predicted molar refractivity (Wildman–Crippen MR) is 82.1 cm³/mol. The van der Waals surface area contributed by atoms with Crippen LogP contribution in [0.5, 0.6) is 0 Å². The molecule has 1 aliphatic rings. The summed E-state index contributed by atoms with van der Waals surface area (Å²) in [7, 11) is -2.88. The van der Waals surface area contributed by atoms with Gasteiger partial charge in [-0.15, -0.1) is 0 Å². The van der Waals surface area contributed by atoms with Crippen molar-refractivity contribution in [1.82, 2.24) is 5.32 Å². The van der Waals surface area contributed by atoms with Crippen molar-refractivity contribution in [3.63, 3.8) is 0 Å². The summed E-state index contributed by atoms with van der Waals surface area (Å²) < 4.78 is 23.6. The first-order valence-electron chi connectivity index (χ1n) is 7.55. The number of rotatable bonds is 5. The lowest BCUT2D eigenvalue weighted by Crippen LogP contribution is -2.43. The lowest BCUT2D eigenvalue weighted by atomic mass is 9.77. The summed E-state index contributed by atoms with van der Waals surface area (Å²) in [5.41, 5.74) is 0.283. The maximum absolute atomic E-state index is 11.8. The molecule has 1 aliphatic carbocycles. The fourth-order valence-corrected chi connectivity index (χ4v) is 4.45. The maximum Gasteiger partial charge on any atom is 0.150 e. The zero-order valence-corrected chi connectivity index (χ0v) is 14.0. The molecule has 0 heterocycles. The Morgan fingerprint density at radius 1 is 1.26 bits per heavy atom. The molecule has 1 fully saturated rings. The van der Waals surface area contributed by atoms with E-state index in [0.29, 0.717) is 12.0 Å². The smallest absolute Gasteiger partial charge is 0.150 e. The Bertz CT molecular complexity index is 370. The monoisotopic (exact) mass is 289 g/mol. The average Bonchev–Trinajstić information content (AvgIpc) is 2.26. The molecule has 3 unspecified atom stereocenters. The molecule has 0 bridgehead atoms. The van der Waals surface area contributed by atoms with Gasteiger partial charge in [-0.2, -0.15) is 0 Å². The van der Waals surface area contributed by atoms with Crippen LogP contribution in [0.25, 0.3) is 0 Å². The van der Waals surface area contributed by atoms with Crippen molar-refractivity contribution >= 4 is 9.84 Å². The van der Waals surface area contributed by atoms with Crippen LogP contribution in [-0.4, -0.2) is 32.5 Å². The zero-order valence-electron chi connectivity index (χ0n) is 13.2. The highest BCUT2D eigenvalue weighted by Crippen LogP contribution is 2.34. The third-order valence-corrected chi connectivity index (χ3v) is 5.78. The van der Waals surface area contributed by atoms with Crippen LogP contribution in [0.2, 0.25) is 0 Å². The Morgan fingerprint density at radius 3 is 2.37 bits per heavy atom. The van der Waals surface area contributed by atoms with E-state index >= 15 is 0 Å². The summed E-state index contributed by atoms with van der Waals surface area (Å²) in [6.45, 7) is 9.87. The van der Waals surface area contributed by atoms with E-state index in [4.69, 9.17) is 0 Å². The second-order valence-corrected chi connectivity index (χ2v) is 9.63. The van der Waals surface area contributed by atoms with E-state index in [2.05, 4.69) is 33.0 Å². The molecule has 4 heteroatoms. The molecule has 0 aromatic carbocycles. The zero-order chi connectivity index (χ0) is 14.7. The normalized spacial score (nSPS) is 27.2. The lowest BCUT2D eigenvalue weighted by Gasteiger charge is -2.37. The number of hydrogen-bond acceptors (Lipinski definition) is 3. The standard InChI is InChI=1S/C15H31NO2S/c1-6-16-14(11-15(2,3)4)12-8-7-9-13(10-12)19(5,17)18/h12-14,16H,6-11H2,1-5H3. The number of sulfone groups is 1. The summed E-state index contributed by atoms with van der Waals surface area (Å²) in [6.07, 6.45) is 6.42. The molecular formula is C15H31NO2S. The van der Waals surface area contributed by atoms with Crippen molar-refractivity contribution in [2.45, 2.75) is 71.1 Å². The minimum Gasteiger partial charge on any atom is -0.314 e. The molecule has 1 saturated carbocycles. The van der Waals surface area contributed by atoms with Crippen molar-refractivity contribution < 1.29 is 8.42 Å². The van der Waals surface area contributed by atoms with Gasteiger partial charge < -0.3 is 5.32 Å². The third-order valence-electron chi connectivity index (χ3n) is 4.14. The Kier molecular flexibility index (Phi) is 5.87. The molecule has 3 nitrogen and oxygen atoms in total. The van der Waals surface area contributed by atoms with Crippen molar-refractivity contribution in [3.05, 3.63) is 0 Å². The van der Waals surface area contributed by atoms with Gasteiger partial charge in [-0.05, 0) is 43.6 Å². The first-order chi connectivity index (χ1) is 8.63. The molecule has 0 aromatic heterocycles. The first kappa shape index (κ1) is 17.0. The molecule has 0 aliphatic heterocycles. The average molecular weight is 289 g/mol. The second kappa shape index (κ2) is 6.57. The quantitative estimate of drug-likeness (QED) is 0.846. The fourth-order valence-electron chi connectivity index (χ4n) is 3.26. The minimum atomic E-state index is -2.88. The molecule has 114 valence electrons. The molecule has 0 saturated heterocycles. The van der Waals surface area contributed by atoms with Gasteiger partial charge in [0.15, 0.2) is 0 Å². The summed E-state index contributed by atoms with van der Waals surface area (Å²) in [4.78, 5) is 0. The molecule has 1 N–H and O–H groups in total. The molecule has 1 rings (SSSR count). The minimum absolute atomic E-state index is 0.118. The summed E-state index contributed by atoms with van der Waals surface area (Å²) >= 11 is 0.